The van der Waals surface area contributed by atoms with Crippen molar-refractivity contribution in [2.45, 2.75) is 26.7 Å². The molecule has 0 aliphatic carbocycles. The molecule has 0 fully saturated rings. The number of nitrogens with zero attached hydrogens (tertiary/aromatic N) is 1. The van der Waals surface area contributed by atoms with E-state index in [0.29, 0.717) is 6.61 Å². The highest BCUT2D eigenvalue weighted by Gasteiger charge is 2.09. The Labute approximate surface area is 119 Å². The zero-order valence-electron chi connectivity index (χ0n) is 11.9. The number of Topliss-reactive ketones (excluding diaryl/α,β-unsaturated/α-hetero) is 1. The monoisotopic (exact) mass is 272 g/mol. The SMILES string of the molecule is CC(C)C(=O)c1ccc(OCCCc2c[nH]cn2)cc1. The fourth-order valence-corrected chi connectivity index (χ4v) is 1.92. The van der Waals surface area contributed by atoms with E-state index < -0.39 is 0 Å². The fourth-order valence-electron chi connectivity index (χ4n) is 1.92. The van der Waals surface area contributed by atoms with Gasteiger partial charge in [0, 0.05) is 17.7 Å². The first-order valence-corrected chi connectivity index (χ1v) is 6.91. The molecule has 20 heavy (non-hydrogen) atoms. The molecule has 0 saturated heterocycles. The van der Waals surface area contributed by atoms with Crippen LogP contribution in [-0.2, 0) is 6.42 Å². The lowest BCUT2D eigenvalue weighted by Crippen LogP contribution is -2.07. The summed E-state index contributed by atoms with van der Waals surface area (Å²) in [6.45, 7) is 4.45. The number of nitrogens with one attached hydrogen (secondary N) is 1. The molecule has 106 valence electrons. The number of ketones is 1. The van der Waals surface area contributed by atoms with Crippen molar-refractivity contribution in [2.24, 2.45) is 5.92 Å². The second-order valence-corrected chi connectivity index (χ2v) is 5.06. The highest BCUT2D eigenvalue weighted by atomic mass is 16.5. The minimum atomic E-state index is 0.0237. The number of rotatable bonds is 7. The molecule has 1 heterocycles. The zero-order chi connectivity index (χ0) is 14.4. The average molecular weight is 272 g/mol. The third-order valence-electron chi connectivity index (χ3n) is 3.06. The minimum absolute atomic E-state index is 0.0237. The number of benzene rings is 1. The van der Waals surface area contributed by atoms with Gasteiger partial charge in [0.05, 0.1) is 18.6 Å². The molecule has 1 N–H and O–H groups in total. The molecule has 0 radical (unpaired) electrons. The number of hydrogen-bond donors (Lipinski definition) is 1. The summed E-state index contributed by atoms with van der Waals surface area (Å²) >= 11 is 0. The van der Waals surface area contributed by atoms with Crippen LogP contribution >= 0.6 is 0 Å². The van der Waals surface area contributed by atoms with Crippen LogP contribution in [0.3, 0.4) is 0 Å². The molecule has 2 rings (SSSR count). The first-order valence-electron chi connectivity index (χ1n) is 6.91. The maximum Gasteiger partial charge on any atom is 0.165 e. The first-order chi connectivity index (χ1) is 9.66. The van der Waals surface area contributed by atoms with E-state index in [2.05, 4.69) is 9.97 Å². The van der Waals surface area contributed by atoms with Gasteiger partial charge in [-0.15, -0.1) is 0 Å². The molecule has 0 unspecified atom stereocenters. The summed E-state index contributed by atoms with van der Waals surface area (Å²) < 4.78 is 5.65. The van der Waals surface area contributed by atoms with E-state index in [4.69, 9.17) is 4.74 Å². The highest BCUT2D eigenvalue weighted by molar-refractivity contribution is 5.97. The van der Waals surface area contributed by atoms with Crippen LogP contribution in [0.4, 0.5) is 0 Å². The van der Waals surface area contributed by atoms with Gasteiger partial charge in [0.25, 0.3) is 0 Å². The Morgan fingerprint density at radius 2 is 2.05 bits per heavy atom. The van der Waals surface area contributed by atoms with Gasteiger partial charge in [-0.25, -0.2) is 4.98 Å². The van der Waals surface area contributed by atoms with E-state index in [1.165, 1.54) is 0 Å². The normalized spacial score (nSPS) is 10.8. The Hall–Kier alpha value is -2.10. The Bertz CT molecular complexity index is 530. The van der Waals surface area contributed by atoms with Crippen LogP contribution in [-0.4, -0.2) is 22.4 Å². The van der Waals surface area contributed by atoms with Gasteiger partial charge < -0.3 is 9.72 Å². The Morgan fingerprint density at radius 3 is 2.65 bits per heavy atom. The van der Waals surface area contributed by atoms with Crippen molar-refractivity contribution in [1.82, 2.24) is 9.97 Å². The number of carbonyl (C=O) groups excluding carboxylic acids is 1. The predicted octanol–water partition coefficient (Wildman–Crippen LogP) is 3.26. The molecule has 0 bridgehead atoms. The third-order valence-corrected chi connectivity index (χ3v) is 3.06. The summed E-state index contributed by atoms with van der Waals surface area (Å²) in [7, 11) is 0. The number of aromatic amines is 1. The molecule has 0 atom stereocenters. The number of aryl methyl sites for hydroxylation is 1. The highest BCUT2D eigenvalue weighted by Crippen LogP contribution is 2.15. The molecule has 0 aliphatic rings. The van der Waals surface area contributed by atoms with E-state index in [0.717, 1.165) is 29.8 Å². The van der Waals surface area contributed by atoms with E-state index in [-0.39, 0.29) is 11.7 Å². The van der Waals surface area contributed by atoms with Gasteiger partial charge in [-0.1, -0.05) is 13.8 Å². The van der Waals surface area contributed by atoms with Gasteiger partial charge in [0.15, 0.2) is 5.78 Å². The van der Waals surface area contributed by atoms with E-state index in [9.17, 15) is 4.79 Å². The number of imidazole rings is 1. The molecular formula is C16H20N2O2. The lowest BCUT2D eigenvalue weighted by atomic mass is 10.0. The molecule has 0 aliphatic heterocycles. The number of H-pyrrole nitrogens is 1. The smallest absolute Gasteiger partial charge is 0.165 e. The topological polar surface area (TPSA) is 55.0 Å². The standard InChI is InChI=1S/C16H20N2O2/c1-12(2)16(19)13-5-7-15(8-6-13)20-9-3-4-14-10-17-11-18-14/h5-8,10-12H,3-4,9H2,1-2H3,(H,17,18). The minimum Gasteiger partial charge on any atom is -0.494 e. The summed E-state index contributed by atoms with van der Waals surface area (Å²) in [6.07, 6.45) is 5.39. The van der Waals surface area contributed by atoms with Crippen LogP contribution < -0.4 is 4.74 Å². The second kappa shape index (κ2) is 6.89. The zero-order valence-corrected chi connectivity index (χ0v) is 11.9. The Kier molecular flexibility index (Phi) is 4.93. The Morgan fingerprint density at radius 1 is 1.30 bits per heavy atom. The van der Waals surface area contributed by atoms with Gasteiger partial charge in [0.1, 0.15) is 5.75 Å². The van der Waals surface area contributed by atoms with Crippen molar-refractivity contribution in [1.29, 1.82) is 0 Å². The molecule has 0 spiro atoms. The van der Waals surface area contributed by atoms with Crippen molar-refractivity contribution in [3.63, 3.8) is 0 Å². The van der Waals surface area contributed by atoms with Crippen molar-refractivity contribution in [3.8, 4) is 5.75 Å². The maximum atomic E-state index is 11.8. The maximum absolute atomic E-state index is 11.8. The quantitative estimate of drug-likeness (QED) is 0.621. The number of ether oxygens (including phenoxy) is 1. The number of aromatic nitrogens is 2. The summed E-state index contributed by atoms with van der Waals surface area (Å²) in [5, 5.41) is 0. The van der Waals surface area contributed by atoms with E-state index in [1.54, 1.807) is 6.33 Å². The Balaban J connectivity index is 1.77. The van der Waals surface area contributed by atoms with Crippen molar-refractivity contribution < 1.29 is 9.53 Å². The largest absolute Gasteiger partial charge is 0.494 e. The van der Waals surface area contributed by atoms with Gasteiger partial charge >= 0.3 is 0 Å². The third kappa shape index (κ3) is 3.95. The summed E-state index contributed by atoms with van der Waals surface area (Å²) in [5.74, 6) is 0.984. The van der Waals surface area contributed by atoms with Gasteiger partial charge in [-0.3, -0.25) is 4.79 Å². The molecule has 1 aromatic heterocycles. The lowest BCUT2D eigenvalue weighted by molar-refractivity contribution is 0.0939. The van der Waals surface area contributed by atoms with E-state index >= 15 is 0 Å². The molecule has 4 heteroatoms. The molecule has 0 amide bonds. The molecule has 1 aromatic carbocycles. The predicted molar refractivity (Wildman–Crippen MR) is 78.0 cm³/mol. The van der Waals surface area contributed by atoms with Crippen LogP contribution in [0.5, 0.6) is 5.75 Å². The van der Waals surface area contributed by atoms with E-state index in [1.807, 2.05) is 44.3 Å². The molecule has 4 nitrogen and oxygen atoms in total. The summed E-state index contributed by atoms with van der Waals surface area (Å²) in [5.41, 5.74) is 1.79. The van der Waals surface area contributed by atoms with Gasteiger partial charge in [-0.05, 0) is 37.1 Å². The van der Waals surface area contributed by atoms with Crippen LogP contribution in [0, 0.1) is 5.92 Å². The van der Waals surface area contributed by atoms with Crippen LogP contribution in [0.2, 0.25) is 0 Å². The molecular weight excluding hydrogens is 252 g/mol. The van der Waals surface area contributed by atoms with Crippen LogP contribution in [0.15, 0.2) is 36.8 Å². The van der Waals surface area contributed by atoms with Crippen molar-refractivity contribution >= 4 is 5.78 Å². The lowest BCUT2D eigenvalue weighted by Gasteiger charge is -2.07. The molecule has 2 aromatic rings. The van der Waals surface area contributed by atoms with Crippen molar-refractivity contribution in [2.75, 3.05) is 6.61 Å². The summed E-state index contributed by atoms with van der Waals surface area (Å²) in [4.78, 5) is 18.9. The second-order valence-electron chi connectivity index (χ2n) is 5.06. The van der Waals surface area contributed by atoms with Crippen LogP contribution in [0.25, 0.3) is 0 Å². The average Bonchev–Trinajstić information content (AvgIpc) is 2.96. The first kappa shape index (κ1) is 14.3. The van der Waals surface area contributed by atoms with Gasteiger partial charge in [0.2, 0.25) is 0 Å². The fraction of sp³-hybridized carbons (Fsp3) is 0.375. The van der Waals surface area contributed by atoms with Gasteiger partial charge in [-0.2, -0.15) is 0 Å². The number of hydrogen-bond acceptors (Lipinski definition) is 3. The number of carbonyl (C=O) groups is 1. The summed E-state index contributed by atoms with van der Waals surface area (Å²) in [6, 6.07) is 7.35. The van der Waals surface area contributed by atoms with Crippen molar-refractivity contribution in [3.05, 3.63) is 48.0 Å². The molecule has 0 saturated carbocycles. The van der Waals surface area contributed by atoms with Crippen LogP contribution in [0.1, 0.15) is 36.3 Å².